The lowest BCUT2D eigenvalue weighted by atomic mass is 9.97. The van der Waals surface area contributed by atoms with Gasteiger partial charge in [-0.1, -0.05) is 0 Å². The average Bonchev–Trinajstić information content (AvgIpc) is 3.10. The van der Waals surface area contributed by atoms with Crippen molar-refractivity contribution in [2.45, 2.75) is 26.3 Å². The van der Waals surface area contributed by atoms with Crippen molar-refractivity contribution in [3.63, 3.8) is 0 Å². The van der Waals surface area contributed by atoms with Crippen molar-refractivity contribution >= 4 is 21.8 Å². The summed E-state index contributed by atoms with van der Waals surface area (Å²) in [5.41, 5.74) is 0.676. The molecule has 1 amide bonds. The number of aromatic nitrogens is 2. The number of carbonyl (C=O) groups is 1. The predicted octanol–water partition coefficient (Wildman–Crippen LogP) is 0.131. The molecule has 0 bridgehead atoms. The smallest absolute Gasteiger partial charge is 0.282 e. The zero-order chi connectivity index (χ0) is 17.9. The van der Waals surface area contributed by atoms with E-state index in [0.717, 1.165) is 6.54 Å². The van der Waals surface area contributed by atoms with E-state index in [4.69, 9.17) is 4.74 Å². The van der Waals surface area contributed by atoms with Gasteiger partial charge in [0.2, 0.25) is 5.91 Å². The molecule has 3 heterocycles. The van der Waals surface area contributed by atoms with Crippen molar-refractivity contribution < 1.29 is 17.9 Å². The highest BCUT2D eigenvalue weighted by molar-refractivity contribution is 7.86. The normalized spacial score (nSPS) is 21.3. The second-order valence-electron chi connectivity index (χ2n) is 6.27. The van der Waals surface area contributed by atoms with Gasteiger partial charge in [0.1, 0.15) is 0 Å². The minimum absolute atomic E-state index is 0.0703. The summed E-state index contributed by atoms with van der Waals surface area (Å²) in [7, 11) is -3.45. The monoisotopic (exact) mass is 371 g/mol. The van der Waals surface area contributed by atoms with Gasteiger partial charge in [-0.2, -0.15) is 22.1 Å². The van der Waals surface area contributed by atoms with E-state index in [2.05, 4.69) is 10.4 Å². The maximum atomic E-state index is 12.6. The molecular weight excluding hydrogens is 346 g/mol. The van der Waals surface area contributed by atoms with Gasteiger partial charge in [-0.3, -0.25) is 9.48 Å². The van der Waals surface area contributed by atoms with Gasteiger partial charge < -0.3 is 10.1 Å². The summed E-state index contributed by atoms with van der Waals surface area (Å²) >= 11 is 0. The van der Waals surface area contributed by atoms with E-state index in [1.807, 2.05) is 6.92 Å². The number of amides is 1. The maximum absolute atomic E-state index is 12.6. The molecule has 2 fully saturated rings. The standard InChI is InChI=1S/C15H25N5O4S/c1-2-18-12-14(11-16-18)17-15(21)13-3-5-19(6-4-13)25(22,23)20-7-9-24-10-8-20/h11-13H,2-10H2,1H3,(H,17,21). The number of morpholine rings is 1. The summed E-state index contributed by atoms with van der Waals surface area (Å²) in [4.78, 5) is 12.4. The molecule has 2 saturated heterocycles. The second kappa shape index (κ2) is 7.81. The van der Waals surface area contributed by atoms with E-state index in [9.17, 15) is 13.2 Å². The lowest BCUT2D eigenvalue weighted by Crippen LogP contribution is -2.51. The number of anilines is 1. The number of hydrogen-bond acceptors (Lipinski definition) is 5. The van der Waals surface area contributed by atoms with Gasteiger partial charge in [-0.15, -0.1) is 0 Å². The highest BCUT2D eigenvalue weighted by Crippen LogP contribution is 2.23. The topological polar surface area (TPSA) is 96.8 Å². The first-order valence-electron chi connectivity index (χ1n) is 8.67. The molecule has 0 saturated carbocycles. The fraction of sp³-hybridized carbons (Fsp3) is 0.733. The first kappa shape index (κ1) is 18.3. The van der Waals surface area contributed by atoms with Gasteiger partial charge in [0, 0.05) is 44.8 Å². The number of piperidine rings is 1. The SMILES string of the molecule is CCn1cc(NC(=O)C2CCN(S(=O)(=O)N3CCOCC3)CC2)cn1. The van der Waals surface area contributed by atoms with E-state index < -0.39 is 10.2 Å². The molecule has 1 aromatic rings. The Labute approximate surface area is 148 Å². The quantitative estimate of drug-likeness (QED) is 0.794. The summed E-state index contributed by atoms with van der Waals surface area (Å²) in [5.74, 6) is -0.250. The third-order valence-electron chi connectivity index (χ3n) is 4.67. The van der Waals surface area contributed by atoms with E-state index in [0.29, 0.717) is 57.9 Å². The molecule has 0 spiro atoms. The summed E-state index contributed by atoms with van der Waals surface area (Å²) in [6.07, 6.45) is 4.46. The number of aryl methyl sites for hydroxylation is 1. The Morgan fingerprint density at radius 3 is 2.48 bits per heavy atom. The molecule has 1 aromatic heterocycles. The van der Waals surface area contributed by atoms with Crippen molar-refractivity contribution in [2.24, 2.45) is 5.92 Å². The summed E-state index contributed by atoms with van der Waals surface area (Å²) in [6, 6.07) is 0. The van der Waals surface area contributed by atoms with Gasteiger partial charge in [-0.05, 0) is 19.8 Å². The van der Waals surface area contributed by atoms with Crippen molar-refractivity contribution in [3.8, 4) is 0 Å². The molecule has 1 N–H and O–H groups in total. The van der Waals surface area contributed by atoms with Gasteiger partial charge in [-0.25, -0.2) is 0 Å². The molecule has 25 heavy (non-hydrogen) atoms. The average molecular weight is 371 g/mol. The number of nitrogens with one attached hydrogen (secondary N) is 1. The van der Waals surface area contributed by atoms with Crippen LogP contribution < -0.4 is 5.32 Å². The first-order chi connectivity index (χ1) is 12.0. The largest absolute Gasteiger partial charge is 0.379 e. The van der Waals surface area contributed by atoms with Crippen molar-refractivity contribution in [1.29, 1.82) is 0 Å². The third-order valence-corrected chi connectivity index (χ3v) is 6.71. The predicted molar refractivity (Wildman–Crippen MR) is 92.1 cm³/mol. The van der Waals surface area contributed by atoms with Gasteiger partial charge >= 0.3 is 0 Å². The van der Waals surface area contributed by atoms with Crippen LogP contribution >= 0.6 is 0 Å². The Balaban J connectivity index is 1.53. The Hall–Kier alpha value is -1.49. The number of ether oxygens (including phenoxy) is 1. The minimum Gasteiger partial charge on any atom is -0.379 e. The van der Waals surface area contributed by atoms with Crippen LogP contribution in [-0.2, 0) is 26.3 Å². The molecule has 0 atom stereocenters. The zero-order valence-corrected chi connectivity index (χ0v) is 15.2. The van der Waals surface area contributed by atoms with Gasteiger partial charge in [0.15, 0.2) is 0 Å². The van der Waals surface area contributed by atoms with Crippen molar-refractivity contribution in [3.05, 3.63) is 12.4 Å². The van der Waals surface area contributed by atoms with Crippen LogP contribution in [-0.4, -0.2) is 72.1 Å². The molecule has 2 aliphatic rings. The van der Waals surface area contributed by atoms with E-state index in [1.165, 1.54) is 8.61 Å². The van der Waals surface area contributed by atoms with Crippen LogP contribution in [0.5, 0.6) is 0 Å². The van der Waals surface area contributed by atoms with Crippen LogP contribution in [0.3, 0.4) is 0 Å². The van der Waals surface area contributed by atoms with Gasteiger partial charge in [0.05, 0.1) is 25.1 Å². The molecule has 2 aliphatic heterocycles. The van der Waals surface area contributed by atoms with Crippen LogP contribution in [0.25, 0.3) is 0 Å². The lowest BCUT2D eigenvalue weighted by Gasteiger charge is -2.35. The Morgan fingerprint density at radius 1 is 1.24 bits per heavy atom. The van der Waals surface area contributed by atoms with Crippen LogP contribution in [0.4, 0.5) is 5.69 Å². The number of nitrogens with zero attached hydrogens (tertiary/aromatic N) is 4. The number of rotatable bonds is 5. The van der Waals surface area contributed by atoms with Crippen LogP contribution in [0.2, 0.25) is 0 Å². The Bertz CT molecular complexity index is 691. The summed E-state index contributed by atoms with van der Waals surface area (Å²) in [5, 5.41) is 6.99. The molecule has 10 heteroatoms. The molecule has 140 valence electrons. The van der Waals surface area contributed by atoms with Crippen molar-refractivity contribution in [2.75, 3.05) is 44.7 Å². The highest BCUT2D eigenvalue weighted by Gasteiger charge is 2.35. The number of carbonyl (C=O) groups excluding carboxylic acids is 1. The Kier molecular flexibility index (Phi) is 5.72. The third kappa shape index (κ3) is 4.20. The molecule has 0 radical (unpaired) electrons. The Morgan fingerprint density at radius 2 is 1.88 bits per heavy atom. The van der Waals surface area contributed by atoms with Crippen LogP contribution in [0.15, 0.2) is 12.4 Å². The van der Waals surface area contributed by atoms with Crippen molar-refractivity contribution in [1.82, 2.24) is 18.4 Å². The second-order valence-corrected chi connectivity index (χ2v) is 8.19. The van der Waals surface area contributed by atoms with Gasteiger partial charge in [0.25, 0.3) is 10.2 Å². The van der Waals surface area contributed by atoms with E-state index >= 15 is 0 Å². The lowest BCUT2D eigenvalue weighted by molar-refractivity contribution is -0.120. The summed E-state index contributed by atoms with van der Waals surface area (Å²) in [6.45, 7) is 5.11. The summed E-state index contributed by atoms with van der Waals surface area (Å²) < 4.78 is 35.2. The molecule has 0 unspecified atom stereocenters. The molecule has 0 aliphatic carbocycles. The molecule has 0 aromatic carbocycles. The highest BCUT2D eigenvalue weighted by atomic mass is 32.2. The van der Waals surface area contributed by atoms with E-state index in [1.54, 1.807) is 17.1 Å². The fourth-order valence-corrected chi connectivity index (χ4v) is 4.74. The molecule has 9 nitrogen and oxygen atoms in total. The van der Waals surface area contributed by atoms with Crippen LogP contribution in [0, 0.1) is 5.92 Å². The zero-order valence-electron chi connectivity index (χ0n) is 14.4. The molecular formula is C15H25N5O4S. The van der Waals surface area contributed by atoms with Crippen LogP contribution in [0.1, 0.15) is 19.8 Å². The van der Waals surface area contributed by atoms with E-state index in [-0.39, 0.29) is 11.8 Å². The maximum Gasteiger partial charge on any atom is 0.282 e. The minimum atomic E-state index is -3.45. The molecule has 3 rings (SSSR count). The first-order valence-corrected chi connectivity index (χ1v) is 10.1. The fourth-order valence-electron chi connectivity index (χ4n) is 3.13. The number of hydrogen-bond donors (Lipinski definition) is 1.